The zero-order chi connectivity index (χ0) is 16.5. The van der Waals surface area contributed by atoms with E-state index in [1.165, 1.54) is 0 Å². The predicted octanol–water partition coefficient (Wildman–Crippen LogP) is 2.62. The van der Waals surface area contributed by atoms with E-state index in [-0.39, 0.29) is 0 Å². The molecule has 0 radical (unpaired) electrons. The lowest BCUT2D eigenvalue weighted by Crippen LogP contribution is -2.37. The molecule has 0 saturated heterocycles. The van der Waals surface area contributed by atoms with Crippen molar-refractivity contribution in [2.75, 3.05) is 0 Å². The number of aromatic nitrogens is 5. The highest BCUT2D eigenvalue weighted by Gasteiger charge is 2.22. The van der Waals surface area contributed by atoms with Crippen molar-refractivity contribution in [3.8, 4) is 11.4 Å². The number of thiophene rings is 1. The van der Waals surface area contributed by atoms with Gasteiger partial charge >= 0.3 is 0 Å². The second-order valence-corrected chi connectivity index (χ2v) is 7.14. The summed E-state index contributed by atoms with van der Waals surface area (Å²) in [7, 11) is 0. The maximum absolute atomic E-state index is 5.33. The smallest absolute Gasteiger partial charge is 0.240 e. The number of hydrogen-bond donors (Lipinski definition) is 1. The predicted molar refractivity (Wildman–Crippen MR) is 90.7 cm³/mol. The average Bonchev–Trinajstić information content (AvgIpc) is 3.30. The molecule has 0 aliphatic carbocycles. The molecule has 1 aliphatic heterocycles. The number of hydrogen-bond acceptors (Lipinski definition) is 7. The molecule has 3 aromatic heterocycles. The van der Waals surface area contributed by atoms with Gasteiger partial charge in [-0.25, -0.2) is 9.67 Å². The first-order valence-corrected chi connectivity index (χ1v) is 9.15. The van der Waals surface area contributed by atoms with E-state index < -0.39 is 0 Å². The summed E-state index contributed by atoms with van der Waals surface area (Å²) in [6.45, 7) is 5.65. The highest BCUT2D eigenvalue weighted by Crippen LogP contribution is 2.19. The first kappa shape index (κ1) is 15.5. The lowest BCUT2D eigenvalue weighted by molar-refractivity contribution is 0.320. The number of nitrogens with zero attached hydrogens (tertiary/aromatic N) is 5. The van der Waals surface area contributed by atoms with Gasteiger partial charge in [-0.1, -0.05) is 19.0 Å². The van der Waals surface area contributed by atoms with E-state index in [1.54, 1.807) is 11.3 Å². The van der Waals surface area contributed by atoms with E-state index in [0.29, 0.717) is 30.2 Å². The van der Waals surface area contributed by atoms with Crippen molar-refractivity contribution in [2.45, 2.75) is 51.7 Å². The third-order valence-electron chi connectivity index (χ3n) is 4.18. The van der Waals surface area contributed by atoms with Gasteiger partial charge in [0.2, 0.25) is 11.7 Å². The van der Waals surface area contributed by atoms with Gasteiger partial charge in [-0.3, -0.25) is 0 Å². The fraction of sp³-hybridized carbons (Fsp3) is 0.500. The zero-order valence-electron chi connectivity index (χ0n) is 13.8. The summed E-state index contributed by atoms with van der Waals surface area (Å²) in [5.41, 5.74) is 1.00. The highest BCUT2D eigenvalue weighted by molar-refractivity contribution is 7.08. The molecule has 24 heavy (non-hydrogen) atoms. The van der Waals surface area contributed by atoms with Crippen LogP contribution < -0.4 is 5.32 Å². The number of aryl methyl sites for hydroxylation is 1. The van der Waals surface area contributed by atoms with Crippen LogP contribution in [-0.4, -0.2) is 30.9 Å². The Labute approximate surface area is 144 Å². The van der Waals surface area contributed by atoms with E-state index in [9.17, 15) is 0 Å². The van der Waals surface area contributed by atoms with Crippen LogP contribution in [0.5, 0.6) is 0 Å². The molecule has 3 aromatic rings. The van der Waals surface area contributed by atoms with Gasteiger partial charge in [0.05, 0.1) is 13.1 Å². The molecular formula is C16H20N6OS. The Morgan fingerprint density at radius 2 is 2.33 bits per heavy atom. The molecule has 4 rings (SSSR count). The molecular weight excluding hydrogens is 324 g/mol. The van der Waals surface area contributed by atoms with Gasteiger partial charge in [0.1, 0.15) is 5.82 Å². The van der Waals surface area contributed by atoms with Crippen molar-refractivity contribution in [3.05, 3.63) is 34.4 Å². The SMILES string of the molecule is CC(C)c1nc2n(n1)C[C@H](NCc1nc(-c3ccsc3)no1)CC2. The Morgan fingerprint density at radius 1 is 1.42 bits per heavy atom. The van der Waals surface area contributed by atoms with Crippen LogP contribution in [0.2, 0.25) is 0 Å². The molecule has 0 unspecified atom stereocenters. The van der Waals surface area contributed by atoms with Crippen LogP contribution in [0.15, 0.2) is 21.3 Å². The summed E-state index contributed by atoms with van der Waals surface area (Å²) in [6.07, 6.45) is 1.99. The molecule has 0 fully saturated rings. The van der Waals surface area contributed by atoms with Gasteiger partial charge in [-0.15, -0.1) is 0 Å². The minimum Gasteiger partial charge on any atom is -0.338 e. The molecule has 8 heteroatoms. The van der Waals surface area contributed by atoms with Crippen molar-refractivity contribution < 1.29 is 4.52 Å². The van der Waals surface area contributed by atoms with Crippen LogP contribution in [0.3, 0.4) is 0 Å². The molecule has 1 atom stereocenters. The van der Waals surface area contributed by atoms with Crippen LogP contribution in [-0.2, 0) is 19.5 Å². The lowest BCUT2D eigenvalue weighted by atomic mass is 10.1. The molecule has 1 N–H and O–H groups in total. The first-order valence-electron chi connectivity index (χ1n) is 8.21. The maximum Gasteiger partial charge on any atom is 0.240 e. The summed E-state index contributed by atoms with van der Waals surface area (Å²) in [6, 6.07) is 2.34. The Kier molecular flexibility index (Phi) is 4.15. The van der Waals surface area contributed by atoms with Crippen molar-refractivity contribution in [3.63, 3.8) is 0 Å². The Balaban J connectivity index is 1.37. The van der Waals surface area contributed by atoms with E-state index in [0.717, 1.165) is 36.6 Å². The second-order valence-electron chi connectivity index (χ2n) is 6.36. The zero-order valence-corrected chi connectivity index (χ0v) is 14.6. The van der Waals surface area contributed by atoms with Crippen LogP contribution in [0, 0.1) is 0 Å². The Bertz CT molecular complexity index is 807. The molecule has 126 valence electrons. The molecule has 0 spiro atoms. The topological polar surface area (TPSA) is 81.7 Å². The molecule has 4 heterocycles. The Morgan fingerprint density at radius 3 is 3.12 bits per heavy atom. The number of nitrogens with one attached hydrogen (secondary N) is 1. The van der Waals surface area contributed by atoms with Gasteiger partial charge < -0.3 is 9.84 Å². The summed E-state index contributed by atoms with van der Waals surface area (Å²) < 4.78 is 7.36. The number of rotatable bonds is 5. The van der Waals surface area contributed by atoms with Gasteiger partial charge in [0, 0.05) is 29.3 Å². The minimum absolute atomic E-state index is 0.343. The number of fused-ring (bicyclic) bond motifs is 1. The van der Waals surface area contributed by atoms with Crippen LogP contribution in [0.25, 0.3) is 11.4 Å². The molecule has 0 amide bonds. The fourth-order valence-corrected chi connectivity index (χ4v) is 3.44. The van der Waals surface area contributed by atoms with Crippen molar-refractivity contribution in [2.24, 2.45) is 0 Å². The van der Waals surface area contributed by atoms with E-state index in [4.69, 9.17) is 4.52 Å². The lowest BCUT2D eigenvalue weighted by Gasteiger charge is -2.22. The monoisotopic (exact) mass is 344 g/mol. The van der Waals surface area contributed by atoms with Gasteiger partial charge in [0.25, 0.3) is 0 Å². The third-order valence-corrected chi connectivity index (χ3v) is 4.86. The molecule has 0 bridgehead atoms. The summed E-state index contributed by atoms with van der Waals surface area (Å²) in [4.78, 5) is 9.06. The molecule has 0 aromatic carbocycles. The van der Waals surface area contributed by atoms with Crippen molar-refractivity contribution in [1.82, 2.24) is 30.2 Å². The molecule has 1 aliphatic rings. The Hall–Kier alpha value is -2.06. The van der Waals surface area contributed by atoms with Crippen molar-refractivity contribution in [1.29, 1.82) is 0 Å². The fourth-order valence-electron chi connectivity index (χ4n) is 2.81. The van der Waals surface area contributed by atoms with Gasteiger partial charge in [-0.05, 0) is 17.9 Å². The van der Waals surface area contributed by atoms with Crippen LogP contribution in [0.4, 0.5) is 0 Å². The maximum atomic E-state index is 5.33. The van der Waals surface area contributed by atoms with Crippen LogP contribution in [0.1, 0.15) is 43.7 Å². The average molecular weight is 344 g/mol. The summed E-state index contributed by atoms with van der Waals surface area (Å²) in [5, 5.41) is 16.2. The summed E-state index contributed by atoms with van der Waals surface area (Å²) in [5.74, 6) is 3.65. The normalized spacial score (nSPS) is 17.4. The summed E-state index contributed by atoms with van der Waals surface area (Å²) >= 11 is 1.62. The standard InChI is InChI=1S/C16H20N6OS/c1-10(2)15-18-13-4-3-12(8-22(13)20-15)17-7-14-19-16(21-23-14)11-5-6-24-9-11/h5-6,9-10,12,17H,3-4,7-8H2,1-2H3/t12-/m1/s1. The van der Waals surface area contributed by atoms with Gasteiger partial charge in [-0.2, -0.15) is 21.4 Å². The first-order chi connectivity index (χ1) is 11.7. The minimum atomic E-state index is 0.343. The van der Waals surface area contributed by atoms with Crippen LogP contribution >= 0.6 is 11.3 Å². The van der Waals surface area contributed by atoms with E-state index in [1.807, 2.05) is 21.5 Å². The second kappa shape index (κ2) is 6.45. The quantitative estimate of drug-likeness (QED) is 0.766. The van der Waals surface area contributed by atoms with E-state index >= 15 is 0 Å². The third kappa shape index (κ3) is 3.11. The molecule has 0 saturated carbocycles. The molecule has 7 nitrogen and oxygen atoms in total. The van der Waals surface area contributed by atoms with Crippen molar-refractivity contribution >= 4 is 11.3 Å². The van der Waals surface area contributed by atoms with Gasteiger partial charge in [0.15, 0.2) is 5.82 Å². The van der Waals surface area contributed by atoms with E-state index in [2.05, 4.69) is 39.4 Å². The largest absolute Gasteiger partial charge is 0.338 e. The highest BCUT2D eigenvalue weighted by atomic mass is 32.1.